The smallest absolute Gasteiger partial charge is 0.263 e. The number of unbranched alkanes of at least 4 members (excludes halogenated alkanes) is 7. The van der Waals surface area contributed by atoms with Gasteiger partial charge in [0.25, 0.3) is 11.8 Å². The minimum atomic E-state index is -2.09. The first-order valence-electron chi connectivity index (χ1n) is 20.7. The van der Waals surface area contributed by atoms with Crippen LogP contribution in [0.2, 0.25) is 12.1 Å². The van der Waals surface area contributed by atoms with Crippen LogP contribution in [0.25, 0.3) is 19.5 Å². The number of hydrogen-bond donors (Lipinski definition) is 0. The summed E-state index contributed by atoms with van der Waals surface area (Å²) in [6.45, 7) is 16.7. The second-order valence-corrected chi connectivity index (χ2v) is 23.5. The Bertz CT molecular complexity index is 1650. The molecule has 3 aliphatic heterocycles. The third-order valence-corrected chi connectivity index (χ3v) is 21.4. The van der Waals surface area contributed by atoms with Crippen LogP contribution in [0.1, 0.15) is 148 Å². The fourth-order valence-electron chi connectivity index (χ4n) is 8.91. The highest BCUT2D eigenvalue weighted by Gasteiger charge is 2.50. The fourth-order valence-corrected chi connectivity index (χ4v) is 20.5. The molecule has 3 aromatic rings. The topological polar surface area (TPSA) is 59.1 Å². The Hall–Kier alpha value is -1.62. The molecule has 6 rings (SSSR count). The quantitative estimate of drug-likeness (QED) is 0.0393. The largest absolute Gasteiger partial charge is 0.379 e. The zero-order valence-electron chi connectivity index (χ0n) is 32.8. The molecule has 52 heavy (non-hydrogen) atoms. The molecule has 3 aliphatic rings. The van der Waals surface area contributed by atoms with Crippen molar-refractivity contribution in [2.75, 3.05) is 26.4 Å². The van der Waals surface area contributed by atoms with Crippen molar-refractivity contribution in [2.24, 2.45) is 11.8 Å². The first-order valence-corrected chi connectivity index (χ1v) is 25.6. The van der Waals surface area contributed by atoms with E-state index in [0.29, 0.717) is 23.8 Å². The summed E-state index contributed by atoms with van der Waals surface area (Å²) in [7, 11) is -2.09. The molecule has 0 aromatic carbocycles. The number of thiophene rings is 3. The molecule has 1 saturated heterocycles. The van der Waals surface area contributed by atoms with E-state index in [0.717, 1.165) is 79.9 Å². The van der Waals surface area contributed by atoms with Gasteiger partial charge in [-0.15, -0.1) is 34.0 Å². The Balaban J connectivity index is 1.22. The lowest BCUT2D eigenvalue weighted by Gasteiger charge is -2.35. The minimum absolute atomic E-state index is 0.0721. The van der Waals surface area contributed by atoms with Crippen molar-refractivity contribution in [3.63, 3.8) is 0 Å². The number of imide groups is 1. The Morgan fingerprint density at radius 2 is 1.37 bits per heavy atom. The summed E-state index contributed by atoms with van der Waals surface area (Å²) in [6, 6.07) is 7.82. The molecule has 5 nitrogen and oxygen atoms in total. The van der Waals surface area contributed by atoms with Crippen molar-refractivity contribution in [1.82, 2.24) is 4.90 Å². The lowest BCUT2D eigenvalue weighted by molar-refractivity contribution is 0.0651. The van der Waals surface area contributed by atoms with Gasteiger partial charge in [0.15, 0.2) is 0 Å². The molecule has 286 valence electrons. The van der Waals surface area contributed by atoms with Crippen LogP contribution in [0.15, 0.2) is 12.1 Å². The molecule has 2 amide bonds. The second-order valence-electron chi connectivity index (χ2n) is 15.9. The van der Waals surface area contributed by atoms with Gasteiger partial charge in [-0.05, 0) is 73.1 Å². The summed E-state index contributed by atoms with van der Waals surface area (Å²) in [4.78, 5) is 37.1. The van der Waals surface area contributed by atoms with Gasteiger partial charge in [-0.25, -0.2) is 0 Å². The molecular formula is C43H63NO4S3Si. The molecule has 0 spiro atoms. The summed E-state index contributed by atoms with van der Waals surface area (Å²) >= 11 is 5.59. The highest BCUT2D eigenvalue weighted by atomic mass is 32.1. The summed E-state index contributed by atoms with van der Waals surface area (Å²) in [5, 5.41) is 3.37. The van der Waals surface area contributed by atoms with Gasteiger partial charge in [-0.2, -0.15) is 0 Å². The Morgan fingerprint density at radius 1 is 0.769 bits per heavy atom. The van der Waals surface area contributed by atoms with Crippen LogP contribution >= 0.6 is 34.0 Å². The maximum Gasteiger partial charge on any atom is 0.263 e. The van der Waals surface area contributed by atoms with Crippen LogP contribution in [-0.4, -0.2) is 57.3 Å². The first-order chi connectivity index (χ1) is 25.3. The molecule has 1 fully saturated rings. The summed E-state index contributed by atoms with van der Waals surface area (Å²) in [5.74, 6) is 1.35. The average molecular weight is 782 g/mol. The van der Waals surface area contributed by atoms with E-state index in [-0.39, 0.29) is 11.8 Å². The van der Waals surface area contributed by atoms with E-state index in [9.17, 15) is 9.59 Å². The zero-order valence-corrected chi connectivity index (χ0v) is 36.3. The number of epoxide rings is 1. The van der Waals surface area contributed by atoms with Crippen molar-refractivity contribution in [1.29, 1.82) is 0 Å². The number of hydrogen-bond acceptors (Lipinski definition) is 7. The Morgan fingerprint density at radius 3 is 2.00 bits per heavy atom. The van der Waals surface area contributed by atoms with Gasteiger partial charge < -0.3 is 9.47 Å². The summed E-state index contributed by atoms with van der Waals surface area (Å²) in [6.07, 6.45) is 17.1. The molecule has 0 saturated carbocycles. The van der Waals surface area contributed by atoms with E-state index in [1.807, 2.05) is 29.6 Å². The van der Waals surface area contributed by atoms with Gasteiger partial charge >= 0.3 is 0 Å². The summed E-state index contributed by atoms with van der Waals surface area (Å²) < 4.78 is 10.9. The van der Waals surface area contributed by atoms with Gasteiger partial charge in [0, 0.05) is 37.5 Å². The molecular weight excluding hydrogens is 719 g/mol. The maximum absolute atomic E-state index is 14.1. The van der Waals surface area contributed by atoms with E-state index in [1.165, 1.54) is 83.0 Å². The molecule has 0 bridgehead atoms. The van der Waals surface area contributed by atoms with E-state index in [1.54, 1.807) is 26.6 Å². The number of carbonyl (C=O) groups excluding carboxylic acids is 2. The predicted octanol–water partition coefficient (Wildman–Crippen LogP) is 11.5. The number of nitrogens with zero attached hydrogens (tertiary/aromatic N) is 1. The monoisotopic (exact) mass is 781 g/mol. The van der Waals surface area contributed by atoms with E-state index in [4.69, 9.17) is 9.47 Å². The van der Waals surface area contributed by atoms with Crippen molar-refractivity contribution < 1.29 is 19.1 Å². The van der Waals surface area contributed by atoms with Crippen LogP contribution < -0.4 is 10.4 Å². The maximum atomic E-state index is 14.1. The third-order valence-electron chi connectivity index (χ3n) is 12.0. The lowest BCUT2D eigenvalue weighted by Crippen LogP contribution is -2.56. The van der Waals surface area contributed by atoms with E-state index in [2.05, 4.69) is 46.8 Å². The predicted molar refractivity (Wildman–Crippen MR) is 225 cm³/mol. The molecule has 0 N–H and O–H groups in total. The number of aryl methyl sites for hydroxylation is 2. The minimum Gasteiger partial charge on any atom is -0.379 e. The van der Waals surface area contributed by atoms with Gasteiger partial charge in [0.05, 0.1) is 29.2 Å². The number of carbonyl (C=O) groups is 2. The Labute approximate surface area is 326 Å². The molecule has 3 atom stereocenters. The SMILES string of the molecule is CCCCC(CC)C[Si]1(CC(CC)CCCC)c2cc(C)sc2-c2sc(-c3sc(C)c4c3C(=O)N(CCCCCCCCOCC3CO3)C4=O)cc21. The average Bonchev–Trinajstić information content (AvgIpc) is 3.36. The fraction of sp³-hybridized carbons (Fsp3) is 0.674. The van der Waals surface area contributed by atoms with Crippen LogP contribution in [0.4, 0.5) is 0 Å². The zero-order chi connectivity index (χ0) is 36.8. The number of fused-ring (bicyclic) bond motifs is 4. The normalized spacial score (nSPS) is 20.1. The van der Waals surface area contributed by atoms with Crippen molar-refractivity contribution >= 4 is 64.3 Å². The van der Waals surface area contributed by atoms with E-state index >= 15 is 0 Å². The molecule has 6 heterocycles. The molecule has 9 heteroatoms. The highest BCUT2D eigenvalue weighted by Crippen LogP contribution is 2.50. The molecule has 3 unspecified atom stereocenters. The molecule has 3 aromatic heterocycles. The standard InChI is InChI=1S/C43H63NO4S3Si/c1-7-11-19-31(9-3)27-52(28-32(10-4)20-12-8-2)35-23-29(5)49-40(35)41-36(52)24-34(51-41)39-38-37(30(6)50-39)42(45)44(43(38)46)21-17-15-13-14-16-18-22-47-25-33-26-48-33/h23-24,31-33H,7-22,25-28H2,1-6H3. The number of ether oxygens (including phenoxy) is 2. The number of amides is 2. The lowest BCUT2D eigenvalue weighted by atomic mass is 10.0. The van der Waals surface area contributed by atoms with Crippen LogP contribution in [0, 0.1) is 25.7 Å². The second kappa shape index (κ2) is 18.3. The van der Waals surface area contributed by atoms with Crippen molar-refractivity contribution in [2.45, 2.75) is 150 Å². The highest BCUT2D eigenvalue weighted by molar-refractivity contribution is 7.32. The summed E-state index contributed by atoms with van der Waals surface area (Å²) in [5.41, 5.74) is 1.35. The van der Waals surface area contributed by atoms with Gasteiger partial charge in [0.1, 0.15) is 14.2 Å². The third kappa shape index (κ3) is 8.60. The molecule has 0 aliphatic carbocycles. The van der Waals surface area contributed by atoms with Gasteiger partial charge in [0.2, 0.25) is 0 Å². The van der Waals surface area contributed by atoms with Crippen LogP contribution in [0.5, 0.6) is 0 Å². The molecule has 0 radical (unpaired) electrons. The van der Waals surface area contributed by atoms with Crippen LogP contribution in [0.3, 0.4) is 0 Å². The number of rotatable bonds is 24. The first kappa shape index (κ1) is 40.1. The van der Waals surface area contributed by atoms with Crippen LogP contribution in [-0.2, 0) is 9.47 Å². The van der Waals surface area contributed by atoms with Gasteiger partial charge in [-0.3, -0.25) is 14.5 Å². The Kier molecular flexibility index (Phi) is 14.1. The van der Waals surface area contributed by atoms with Crippen molar-refractivity contribution in [3.05, 3.63) is 33.0 Å². The van der Waals surface area contributed by atoms with Crippen molar-refractivity contribution in [3.8, 4) is 19.5 Å². The van der Waals surface area contributed by atoms with Gasteiger partial charge in [-0.1, -0.05) is 105 Å². The van der Waals surface area contributed by atoms with E-state index < -0.39 is 8.07 Å².